The van der Waals surface area contributed by atoms with Crippen molar-refractivity contribution in [3.8, 4) is 0 Å². The molecule has 0 aliphatic heterocycles. The van der Waals surface area contributed by atoms with E-state index in [1.165, 1.54) is 5.56 Å². The first-order valence-electron chi connectivity index (χ1n) is 5.09. The Bertz CT molecular complexity index is 337. The summed E-state index contributed by atoms with van der Waals surface area (Å²) in [5.41, 5.74) is 2.21. The van der Waals surface area contributed by atoms with Crippen molar-refractivity contribution in [2.45, 2.75) is 39.5 Å². The largest absolute Gasteiger partial charge is 0.295 e. The zero-order valence-electron chi connectivity index (χ0n) is 9.42. The van der Waals surface area contributed by atoms with E-state index in [2.05, 4.69) is 26.8 Å². The molecule has 0 heterocycles. The van der Waals surface area contributed by atoms with Crippen molar-refractivity contribution in [3.63, 3.8) is 0 Å². The second kappa shape index (κ2) is 3.95. The quantitative estimate of drug-likeness (QED) is 0.666. The number of carbonyl (C=O) groups is 1. The number of benzene rings is 1. The van der Waals surface area contributed by atoms with E-state index in [-0.39, 0.29) is 11.2 Å². The number of carbonyl (C=O) groups excluding carboxylic acids is 1. The topological polar surface area (TPSA) is 17.1 Å². The molecule has 1 rings (SSSR count). The first kappa shape index (κ1) is 11.0. The summed E-state index contributed by atoms with van der Waals surface area (Å²) in [4.78, 5) is 11.2. The lowest BCUT2D eigenvalue weighted by molar-refractivity contribution is 0.101. The zero-order chi connectivity index (χ0) is 10.8. The van der Waals surface area contributed by atoms with Gasteiger partial charge in [0.15, 0.2) is 5.78 Å². The van der Waals surface area contributed by atoms with Crippen LogP contribution in [0.25, 0.3) is 0 Å². The average molecular weight is 190 g/mol. The highest BCUT2D eigenvalue weighted by atomic mass is 16.1. The Morgan fingerprint density at radius 1 is 1.36 bits per heavy atom. The highest BCUT2D eigenvalue weighted by Gasteiger charge is 2.18. The van der Waals surface area contributed by atoms with E-state index < -0.39 is 0 Å². The van der Waals surface area contributed by atoms with Crippen molar-refractivity contribution in [2.75, 3.05) is 0 Å². The molecule has 0 radical (unpaired) electrons. The predicted octanol–water partition coefficient (Wildman–Crippen LogP) is 3.58. The predicted molar refractivity (Wildman–Crippen MR) is 59.8 cm³/mol. The van der Waals surface area contributed by atoms with Crippen molar-refractivity contribution in [1.29, 1.82) is 0 Å². The lowest BCUT2D eigenvalue weighted by Gasteiger charge is -2.23. The van der Waals surface area contributed by atoms with Crippen LogP contribution >= 0.6 is 0 Å². The molecule has 1 aromatic rings. The molecular weight excluding hydrogens is 172 g/mol. The molecule has 14 heavy (non-hydrogen) atoms. The van der Waals surface area contributed by atoms with Crippen LogP contribution in [0.4, 0.5) is 0 Å². The van der Waals surface area contributed by atoms with Crippen LogP contribution in [0.1, 0.15) is 50.0 Å². The Labute approximate surface area is 86.1 Å². The molecule has 0 saturated heterocycles. The van der Waals surface area contributed by atoms with Gasteiger partial charge in [-0.2, -0.15) is 0 Å². The number of ketones is 1. The standard InChI is InChI=1S/C13H18O/c1-5-13(3,4)12-8-6-7-11(9-12)10(2)14/h6-9H,5H2,1-4H3. The molecule has 0 N–H and O–H groups in total. The van der Waals surface area contributed by atoms with Gasteiger partial charge in [-0.25, -0.2) is 0 Å². The molecule has 0 bridgehead atoms. The summed E-state index contributed by atoms with van der Waals surface area (Å²) < 4.78 is 0. The van der Waals surface area contributed by atoms with Gasteiger partial charge in [-0.3, -0.25) is 4.79 Å². The molecule has 0 aromatic heterocycles. The van der Waals surface area contributed by atoms with Crippen molar-refractivity contribution in [1.82, 2.24) is 0 Å². The Balaban J connectivity index is 3.12. The van der Waals surface area contributed by atoms with Crippen molar-refractivity contribution in [2.24, 2.45) is 0 Å². The molecule has 1 heteroatoms. The molecule has 0 aliphatic carbocycles. The van der Waals surface area contributed by atoms with Crippen LogP contribution in [0.15, 0.2) is 24.3 Å². The SMILES string of the molecule is CCC(C)(C)c1cccc(C(C)=O)c1. The molecular formula is C13H18O. The first-order chi connectivity index (χ1) is 6.47. The molecule has 0 fully saturated rings. The second-order valence-electron chi connectivity index (χ2n) is 4.37. The fraction of sp³-hybridized carbons (Fsp3) is 0.462. The summed E-state index contributed by atoms with van der Waals surface area (Å²) >= 11 is 0. The van der Waals surface area contributed by atoms with Crippen molar-refractivity contribution < 1.29 is 4.79 Å². The normalized spacial score (nSPS) is 11.4. The van der Waals surface area contributed by atoms with E-state index in [1.807, 2.05) is 18.2 Å². The van der Waals surface area contributed by atoms with Gasteiger partial charge in [0.1, 0.15) is 0 Å². The summed E-state index contributed by atoms with van der Waals surface area (Å²) in [6.45, 7) is 8.18. The highest BCUT2D eigenvalue weighted by molar-refractivity contribution is 5.94. The van der Waals surface area contributed by atoms with Crippen LogP contribution in [0.5, 0.6) is 0 Å². The molecule has 0 aliphatic rings. The Kier molecular flexibility index (Phi) is 3.10. The van der Waals surface area contributed by atoms with E-state index in [9.17, 15) is 4.79 Å². The Morgan fingerprint density at radius 3 is 2.50 bits per heavy atom. The molecule has 1 nitrogen and oxygen atoms in total. The third-order valence-electron chi connectivity index (χ3n) is 2.93. The summed E-state index contributed by atoms with van der Waals surface area (Å²) in [6.07, 6.45) is 1.08. The Hall–Kier alpha value is -1.11. The van der Waals surface area contributed by atoms with Gasteiger partial charge in [0.05, 0.1) is 0 Å². The van der Waals surface area contributed by atoms with Gasteiger partial charge in [-0.15, -0.1) is 0 Å². The summed E-state index contributed by atoms with van der Waals surface area (Å²) in [5.74, 6) is 0.138. The number of rotatable bonds is 3. The van der Waals surface area contributed by atoms with Gasteiger partial charge < -0.3 is 0 Å². The van der Waals surface area contributed by atoms with Gasteiger partial charge in [0.25, 0.3) is 0 Å². The van der Waals surface area contributed by atoms with Crippen LogP contribution in [0.3, 0.4) is 0 Å². The number of hydrogen-bond donors (Lipinski definition) is 0. The third kappa shape index (κ3) is 2.22. The second-order valence-corrected chi connectivity index (χ2v) is 4.37. The monoisotopic (exact) mass is 190 g/mol. The maximum Gasteiger partial charge on any atom is 0.159 e. The lowest BCUT2D eigenvalue weighted by atomic mass is 9.81. The molecule has 0 unspecified atom stereocenters. The van der Waals surface area contributed by atoms with Crippen LogP contribution in [0.2, 0.25) is 0 Å². The van der Waals surface area contributed by atoms with Crippen molar-refractivity contribution in [3.05, 3.63) is 35.4 Å². The molecule has 0 atom stereocenters. The molecule has 0 saturated carbocycles. The van der Waals surface area contributed by atoms with Crippen LogP contribution < -0.4 is 0 Å². The van der Waals surface area contributed by atoms with E-state index in [4.69, 9.17) is 0 Å². The van der Waals surface area contributed by atoms with Gasteiger partial charge in [-0.1, -0.05) is 39.0 Å². The van der Waals surface area contributed by atoms with E-state index >= 15 is 0 Å². The molecule has 0 spiro atoms. The van der Waals surface area contributed by atoms with Crippen LogP contribution in [-0.2, 0) is 5.41 Å². The fourth-order valence-electron chi connectivity index (χ4n) is 1.36. The minimum atomic E-state index is 0.138. The van der Waals surface area contributed by atoms with Gasteiger partial charge >= 0.3 is 0 Å². The number of hydrogen-bond acceptors (Lipinski definition) is 1. The smallest absolute Gasteiger partial charge is 0.159 e. The minimum absolute atomic E-state index is 0.138. The summed E-state index contributed by atoms with van der Waals surface area (Å²) in [7, 11) is 0. The number of Topliss-reactive ketones (excluding diaryl/α,β-unsaturated/α-hetero) is 1. The Morgan fingerprint density at radius 2 is 2.00 bits per heavy atom. The minimum Gasteiger partial charge on any atom is -0.295 e. The van der Waals surface area contributed by atoms with E-state index in [1.54, 1.807) is 6.92 Å². The third-order valence-corrected chi connectivity index (χ3v) is 2.93. The average Bonchev–Trinajstić information content (AvgIpc) is 2.18. The highest BCUT2D eigenvalue weighted by Crippen LogP contribution is 2.27. The fourth-order valence-corrected chi connectivity index (χ4v) is 1.36. The van der Waals surface area contributed by atoms with E-state index in [0.29, 0.717) is 0 Å². The molecule has 1 aromatic carbocycles. The first-order valence-corrected chi connectivity index (χ1v) is 5.09. The maximum absolute atomic E-state index is 11.2. The van der Waals surface area contributed by atoms with Gasteiger partial charge in [0.2, 0.25) is 0 Å². The van der Waals surface area contributed by atoms with Gasteiger partial charge in [0, 0.05) is 5.56 Å². The van der Waals surface area contributed by atoms with E-state index in [0.717, 1.165) is 12.0 Å². The van der Waals surface area contributed by atoms with Gasteiger partial charge in [-0.05, 0) is 30.4 Å². The zero-order valence-corrected chi connectivity index (χ0v) is 9.42. The molecule has 0 amide bonds. The maximum atomic E-state index is 11.2. The summed E-state index contributed by atoms with van der Waals surface area (Å²) in [6, 6.07) is 7.93. The lowest BCUT2D eigenvalue weighted by Crippen LogP contribution is -2.15. The van der Waals surface area contributed by atoms with Crippen LogP contribution in [-0.4, -0.2) is 5.78 Å². The summed E-state index contributed by atoms with van der Waals surface area (Å²) in [5, 5.41) is 0. The molecule has 76 valence electrons. The van der Waals surface area contributed by atoms with Crippen LogP contribution in [0, 0.1) is 0 Å². The van der Waals surface area contributed by atoms with Crippen molar-refractivity contribution >= 4 is 5.78 Å².